The van der Waals surface area contributed by atoms with Crippen molar-refractivity contribution in [2.45, 2.75) is 46.1 Å². The predicted octanol–water partition coefficient (Wildman–Crippen LogP) is 0.793. The minimum Gasteiger partial charge on any atom is -0.466 e. The third-order valence-corrected chi connectivity index (χ3v) is 5.57. The lowest BCUT2D eigenvalue weighted by molar-refractivity contribution is -0.922. The van der Waals surface area contributed by atoms with Crippen molar-refractivity contribution < 1.29 is 24.0 Å². The Bertz CT molecular complexity index is 731. The normalized spacial score (nSPS) is 26.3. The number of ether oxygens (including phenoxy) is 1. The molecule has 0 bridgehead atoms. The van der Waals surface area contributed by atoms with E-state index in [9.17, 15) is 14.4 Å². The van der Waals surface area contributed by atoms with Crippen LogP contribution in [0, 0.1) is 19.8 Å². The van der Waals surface area contributed by atoms with Gasteiger partial charge in [-0.1, -0.05) is 6.07 Å². The molecule has 0 saturated carbocycles. The highest BCUT2D eigenvalue weighted by atomic mass is 16.5. The van der Waals surface area contributed by atoms with E-state index in [2.05, 4.69) is 0 Å². The fourth-order valence-electron chi connectivity index (χ4n) is 3.96. The number of anilines is 1. The Morgan fingerprint density at radius 2 is 2.04 bits per heavy atom. The molecule has 2 aliphatic heterocycles. The molecule has 1 aromatic rings. The van der Waals surface area contributed by atoms with Gasteiger partial charge in [0.05, 0.1) is 31.8 Å². The lowest BCUT2D eigenvalue weighted by atomic mass is 9.96. The van der Waals surface area contributed by atoms with Crippen LogP contribution in [0.25, 0.3) is 0 Å². The predicted molar refractivity (Wildman–Crippen MR) is 96.9 cm³/mol. The van der Waals surface area contributed by atoms with Gasteiger partial charge in [-0.25, -0.2) is 4.90 Å². The molecule has 2 amide bonds. The number of hydrogen-bond acceptors (Lipinski definition) is 4. The molecule has 3 rings (SSSR count). The van der Waals surface area contributed by atoms with Gasteiger partial charge in [-0.15, -0.1) is 0 Å². The monoisotopic (exact) mass is 359 g/mol. The van der Waals surface area contributed by atoms with E-state index < -0.39 is 6.04 Å². The van der Waals surface area contributed by atoms with Crippen LogP contribution in [-0.4, -0.2) is 43.5 Å². The molecule has 140 valence electrons. The molecule has 2 fully saturated rings. The number of benzene rings is 1. The zero-order valence-electron chi connectivity index (χ0n) is 15.7. The van der Waals surface area contributed by atoms with Crippen molar-refractivity contribution in [2.24, 2.45) is 5.92 Å². The first-order valence-corrected chi connectivity index (χ1v) is 9.37. The van der Waals surface area contributed by atoms with E-state index >= 15 is 0 Å². The second-order valence-corrected chi connectivity index (χ2v) is 7.30. The Kier molecular flexibility index (Phi) is 5.41. The molecule has 1 N–H and O–H groups in total. The fourth-order valence-corrected chi connectivity index (χ4v) is 3.96. The van der Waals surface area contributed by atoms with Crippen molar-refractivity contribution in [3.8, 4) is 0 Å². The van der Waals surface area contributed by atoms with Gasteiger partial charge in [-0.05, 0) is 56.9 Å². The topological polar surface area (TPSA) is 68.1 Å². The van der Waals surface area contributed by atoms with Crippen molar-refractivity contribution in [3.63, 3.8) is 0 Å². The third-order valence-electron chi connectivity index (χ3n) is 5.57. The van der Waals surface area contributed by atoms with Gasteiger partial charge >= 0.3 is 5.97 Å². The Morgan fingerprint density at radius 3 is 2.73 bits per heavy atom. The summed E-state index contributed by atoms with van der Waals surface area (Å²) in [6.45, 7) is 7.51. The number of hydrogen-bond donors (Lipinski definition) is 1. The number of carbonyl (C=O) groups excluding carboxylic acids is 3. The molecule has 1 aromatic carbocycles. The molecule has 6 nitrogen and oxygen atoms in total. The zero-order valence-corrected chi connectivity index (χ0v) is 15.7. The van der Waals surface area contributed by atoms with Gasteiger partial charge in [-0.2, -0.15) is 0 Å². The lowest BCUT2D eigenvalue weighted by Gasteiger charge is -2.31. The van der Waals surface area contributed by atoms with Gasteiger partial charge < -0.3 is 9.64 Å². The number of nitrogens with zero attached hydrogens (tertiary/aromatic N) is 1. The number of esters is 1. The number of amides is 2. The minimum absolute atomic E-state index is 0.155. The summed E-state index contributed by atoms with van der Waals surface area (Å²) >= 11 is 0. The molecule has 1 unspecified atom stereocenters. The van der Waals surface area contributed by atoms with E-state index in [0.29, 0.717) is 18.8 Å². The molecular formula is C20H27N2O4+. The number of nitrogens with one attached hydrogen (secondary N) is 1. The largest absolute Gasteiger partial charge is 0.466 e. The van der Waals surface area contributed by atoms with Crippen LogP contribution in [0.5, 0.6) is 0 Å². The summed E-state index contributed by atoms with van der Waals surface area (Å²) in [4.78, 5) is 39.9. The first-order valence-electron chi connectivity index (χ1n) is 9.37. The van der Waals surface area contributed by atoms with Crippen molar-refractivity contribution >= 4 is 23.5 Å². The summed E-state index contributed by atoms with van der Waals surface area (Å²) in [7, 11) is 0. The van der Waals surface area contributed by atoms with Crippen LogP contribution < -0.4 is 9.80 Å². The summed E-state index contributed by atoms with van der Waals surface area (Å²) < 4.78 is 5.14. The molecule has 3 atom stereocenters. The van der Waals surface area contributed by atoms with Crippen LogP contribution in [0.1, 0.15) is 37.3 Å². The van der Waals surface area contributed by atoms with Gasteiger partial charge in [0.1, 0.15) is 5.92 Å². The Labute approximate surface area is 154 Å². The zero-order chi connectivity index (χ0) is 18.8. The smallest absolute Gasteiger partial charge is 0.314 e. The number of rotatable bonds is 4. The maximum absolute atomic E-state index is 13.0. The van der Waals surface area contributed by atoms with Crippen LogP contribution in [0.3, 0.4) is 0 Å². The molecule has 0 aromatic heterocycles. The van der Waals surface area contributed by atoms with E-state index in [4.69, 9.17) is 4.74 Å². The molecule has 2 aliphatic rings. The maximum atomic E-state index is 13.0. The molecule has 0 aliphatic carbocycles. The van der Waals surface area contributed by atoms with Crippen molar-refractivity contribution in [2.75, 3.05) is 24.6 Å². The number of imide groups is 1. The van der Waals surface area contributed by atoms with Crippen molar-refractivity contribution in [3.05, 3.63) is 29.3 Å². The van der Waals surface area contributed by atoms with Crippen LogP contribution in [0.15, 0.2) is 18.2 Å². The molecule has 26 heavy (non-hydrogen) atoms. The van der Waals surface area contributed by atoms with Crippen LogP contribution in [0.2, 0.25) is 0 Å². The van der Waals surface area contributed by atoms with Gasteiger partial charge in [0.25, 0.3) is 5.91 Å². The molecule has 0 spiro atoms. The second kappa shape index (κ2) is 7.58. The number of aryl methyl sites for hydroxylation is 2. The quantitative estimate of drug-likeness (QED) is 0.638. The van der Waals surface area contributed by atoms with E-state index in [1.54, 1.807) is 6.92 Å². The van der Waals surface area contributed by atoms with Gasteiger partial charge in [0.15, 0.2) is 6.04 Å². The Morgan fingerprint density at radius 1 is 1.27 bits per heavy atom. The van der Waals surface area contributed by atoms with E-state index in [1.165, 1.54) is 4.90 Å². The van der Waals surface area contributed by atoms with Crippen LogP contribution in [-0.2, 0) is 19.1 Å². The summed E-state index contributed by atoms with van der Waals surface area (Å²) in [6, 6.07) is 5.25. The molecule has 6 heteroatoms. The first kappa shape index (κ1) is 18.6. The second-order valence-electron chi connectivity index (χ2n) is 7.30. The number of likely N-dealkylation sites (tertiary alicyclic amines) is 1. The van der Waals surface area contributed by atoms with Crippen LogP contribution in [0.4, 0.5) is 5.69 Å². The van der Waals surface area contributed by atoms with Gasteiger partial charge in [0.2, 0.25) is 5.91 Å². The maximum Gasteiger partial charge on any atom is 0.314 e. The van der Waals surface area contributed by atoms with E-state index in [-0.39, 0.29) is 30.1 Å². The molecule has 2 saturated heterocycles. The number of piperidine rings is 1. The summed E-state index contributed by atoms with van der Waals surface area (Å²) in [5.41, 5.74) is 2.83. The SMILES string of the molecule is CCOC(=O)[C@@H]1CCC[NH+]([C@@H]2CC(=O)N(c3ccc(C)c(C)c3)C2=O)C1. The molecule has 0 radical (unpaired) electrons. The van der Waals surface area contributed by atoms with E-state index in [0.717, 1.165) is 35.4 Å². The molecular weight excluding hydrogens is 332 g/mol. The third kappa shape index (κ3) is 3.51. The number of carbonyl (C=O) groups is 3. The van der Waals surface area contributed by atoms with Crippen molar-refractivity contribution in [1.29, 1.82) is 0 Å². The first-order chi connectivity index (χ1) is 12.4. The lowest BCUT2D eigenvalue weighted by Crippen LogP contribution is -3.18. The van der Waals surface area contributed by atoms with Crippen molar-refractivity contribution in [1.82, 2.24) is 0 Å². The minimum atomic E-state index is -0.402. The molecule has 2 heterocycles. The van der Waals surface area contributed by atoms with Crippen LogP contribution >= 0.6 is 0 Å². The highest BCUT2D eigenvalue weighted by molar-refractivity contribution is 6.21. The summed E-state index contributed by atoms with van der Waals surface area (Å²) in [5.74, 6) is -0.684. The number of quaternary nitrogens is 1. The standard InChI is InChI=1S/C20H26N2O4/c1-4-26-20(25)15-6-5-9-21(12-15)17-11-18(23)22(19(17)24)16-8-7-13(2)14(3)10-16/h7-8,10,15,17H,4-6,9,11-12H2,1-3H3/p+1/t15-,17-/m1/s1. The van der Waals surface area contributed by atoms with Gasteiger partial charge in [0, 0.05) is 0 Å². The fraction of sp³-hybridized carbons (Fsp3) is 0.550. The average Bonchev–Trinajstić information content (AvgIpc) is 2.92. The van der Waals surface area contributed by atoms with Gasteiger partial charge in [-0.3, -0.25) is 14.4 Å². The highest BCUT2D eigenvalue weighted by Crippen LogP contribution is 2.25. The summed E-state index contributed by atoms with van der Waals surface area (Å²) in [6.07, 6.45) is 1.86. The Hall–Kier alpha value is -2.21. The average molecular weight is 359 g/mol. The summed E-state index contributed by atoms with van der Waals surface area (Å²) in [5, 5.41) is 0. The van der Waals surface area contributed by atoms with E-state index in [1.807, 2.05) is 32.0 Å². The Balaban J connectivity index is 1.75. The highest BCUT2D eigenvalue weighted by Gasteiger charge is 2.47.